The van der Waals surface area contributed by atoms with Crippen molar-refractivity contribution < 1.29 is 5.11 Å². The minimum absolute atomic E-state index is 0.342. The van der Waals surface area contributed by atoms with Gasteiger partial charge in [-0.1, -0.05) is 6.07 Å². The van der Waals surface area contributed by atoms with E-state index in [1.54, 1.807) is 12.4 Å². The number of aliphatic hydroxyl groups excluding tert-OH is 1. The van der Waals surface area contributed by atoms with E-state index in [0.29, 0.717) is 5.92 Å². The predicted molar refractivity (Wildman–Crippen MR) is 54.8 cm³/mol. The van der Waals surface area contributed by atoms with Crippen molar-refractivity contribution in [2.24, 2.45) is 5.92 Å². The number of aromatic nitrogens is 1. The molecule has 1 fully saturated rings. The molecule has 2 heterocycles. The second-order valence-electron chi connectivity index (χ2n) is 3.82. The van der Waals surface area contributed by atoms with Crippen LogP contribution in [0.25, 0.3) is 0 Å². The van der Waals surface area contributed by atoms with Crippen molar-refractivity contribution in [3.63, 3.8) is 0 Å². The van der Waals surface area contributed by atoms with Crippen LogP contribution in [0, 0.1) is 5.92 Å². The van der Waals surface area contributed by atoms with Gasteiger partial charge in [0.2, 0.25) is 0 Å². The molecule has 2 rings (SSSR count). The Bertz CT molecular complexity index is 270. The molecule has 1 aromatic heterocycles. The van der Waals surface area contributed by atoms with Gasteiger partial charge in [-0.3, -0.25) is 4.98 Å². The maximum Gasteiger partial charge on any atom is 0.0833 e. The molecule has 0 saturated carbocycles. The smallest absolute Gasteiger partial charge is 0.0833 e. The van der Waals surface area contributed by atoms with Gasteiger partial charge < -0.3 is 10.4 Å². The lowest BCUT2D eigenvalue weighted by Crippen LogP contribution is -2.30. The van der Waals surface area contributed by atoms with Crippen LogP contribution in [0.2, 0.25) is 0 Å². The molecule has 0 aromatic carbocycles. The lowest BCUT2D eigenvalue weighted by molar-refractivity contribution is 0.0886. The highest BCUT2D eigenvalue weighted by atomic mass is 16.3. The van der Waals surface area contributed by atoms with Crippen LogP contribution in [0.4, 0.5) is 0 Å². The molecule has 1 atom stereocenters. The van der Waals surface area contributed by atoms with Crippen LogP contribution in [0.3, 0.4) is 0 Å². The topological polar surface area (TPSA) is 45.2 Å². The third-order valence-corrected chi connectivity index (χ3v) is 2.86. The molecule has 3 nitrogen and oxygen atoms in total. The average molecular weight is 192 g/mol. The summed E-state index contributed by atoms with van der Waals surface area (Å²) in [7, 11) is 0. The van der Waals surface area contributed by atoms with E-state index in [4.69, 9.17) is 0 Å². The molecule has 0 bridgehead atoms. The van der Waals surface area contributed by atoms with E-state index in [1.165, 1.54) is 0 Å². The fourth-order valence-corrected chi connectivity index (χ4v) is 1.98. The number of hydrogen-bond donors (Lipinski definition) is 2. The number of aliphatic hydroxyl groups is 1. The molecule has 3 heteroatoms. The largest absolute Gasteiger partial charge is 0.388 e. The Morgan fingerprint density at radius 1 is 1.43 bits per heavy atom. The van der Waals surface area contributed by atoms with Gasteiger partial charge in [-0.25, -0.2) is 0 Å². The van der Waals surface area contributed by atoms with Crippen molar-refractivity contribution in [1.82, 2.24) is 10.3 Å². The van der Waals surface area contributed by atoms with Crippen LogP contribution in [-0.4, -0.2) is 23.2 Å². The lowest BCUT2D eigenvalue weighted by atomic mass is 9.89. The molecule has 0 aliphatic carbocycles. The summed E-state index contributed by atoms with van der Waals surface area (Å²) < 4.78 is 0. The van der Waals surface area contributed by atoms with Crippen molar-refractivity contribution in [3.05, 3.63) is 30.1 Å². The quantitative estimate of drug-likeness (QED) is 0.738. The van der Waals surface area contributed by atoms with E-state index in [9.17, 15) is 5.11 Å². The highest BCUT2D eigenvalue weighted by Crippen LogP contribution is 2.27. The molecule has 1 aliphatic rings. The fraction of sp³-hybridized carbons (Fsp3) is 0.545. The molecular weight excluding hydrogens is 176 g/mol. The summed E-state index contributed by atoms with van der Waals surface area (Å²) in [5.41, 5.74) is 0.944. The number of nitrogens with zero attached hydrogens (tertiary/aromatic N) is 1. The van der Waals surface area contributed by atoms with Crippen molar-refractivity contribution in [1.29, 1.82) is 0 Å². The number of pyridine rings is 1. The van der Waals surface area contributed by atoms with Crippen LogP contribution in [0.1, 0.15) is 24.5 Å². The molecule has 1 aliphatic heterocycles. The average Bonchev–Trinajstić information content (AvgIpc) is 2.30. The minimum Gasteiger partial charge on any atom is -0.388 e. The molecule has 1 aromatic rings. The monoisotopic (exact) mass is 192 g/mol. The Morgan fingerprint density at radius 2 is 2.21 bits per heavy atom. The number of rotatable bonds is 2. The van der Waals surface area contributed by atoms with Crippen molar-refractivity contribution in [3.8, 4) is 0 Å². The Kier molecular flexibility index (Phi) is 3.11. The molecule has 1 saturated heterocycles. The summed E-state index contributed by atoms with van der Waals surface area (Å²) >= 11 is 0. The van der Waals surface area contributed by atoms with Gasteiger partial charge in [0, 0.05) is 12.4 Å². The van der Waals surface area contributed by atoms with Crippen LogP contribution >= 0.6 is 0 Å². The Balaban J connectivity index is 2.03. The Morgan fingerprint density at radius 3 is 2.86 bits per heavy atom. The van der Waals surface area contributed by atoms with Crippen LogP contribution in [0.15, 0.2) is 24.5 Å². The summed E-state index contributed by atoms with van der Waals surface area (Å²) in [6, 6.07) is 3.82. The van der Waals surface area contributed by atoms with Crippen LogP contribution in [-0.2, 0) is 0 Å². The van der Waals surface area contributed by atoms with Gasteiger partial charge in [0.05, 0.1) is 6.10 Å². The second kappa shape index (κ2) is 4.53. The summed E-state index contributed by atoms with van der Waals surface area (Å²) in [5, 5.41) is 13.4. The first-order valence-corrected chi connectivity index (χ1v) is 5.16. The summed E-state index contributed by atoms with van der Waals surface area (Å²) in [4.78, 5) is 4.02. The van der Waals surface area contributed by atoms with Crippen LogP contribution in [0.5, 0.6) is 0 Å². The van der Waals surface area contributed by atoms with E-state index < -0.39 is 0 Å². The summed E-state index contributed by atoms with van der Waals surface area (Å²) in [5.74, 6) is 0.389. The zero-order chi connectivity index (χ0) is 9.80. The first kappa shape index (κ1) is 9.62. The first-order chi connectivity index (χ1) is 6.88. The van der Waals surface area contributed by atoms with Gasteiger partial charge in [0.15, 0.2) is 0 Å². The van der Waals surface area contributed by atoms with E-state index in [0.717, 1.165) is 31.5 Å². The van der Waals surface area contributed by atoms with E-state index >= 15 is 0 Å². The Labute approximate surface area is 84.2 Å². The van der Waals surface area contributed by atoms with Gasteiger partial charge >= 0.3 is 0 Å². The Hall–Kier alpha value is -0.930. The number of hydrogen-bond acceptors (Lipinski definition) is 3. The van der Waals surface area contributed by atoms with Crippen molar-refractivity contribution in [2.75, 3.05) is 13.1 Å². The zero-order valence-electron chi connectivity index (χ0n) is 8.19. The molecule has 2 N–H and O–H groups in total. The van der Waals surface area contributed by atoms with Gasteiger partial charge in [0.25, 0.3) is 0 Å². The summed E-state index contributed by atoms with van der Waals surface area (Å²) in [6.07, 6.45) is 5.25. The van der Waals surface area contributed by atoms with Crippen molar-refractivity contribution >= 4 is 0 Å². The molecule has 0 radical (unpaired) electrons. The van der Waals surface area contributed by atoms with E-state index in [-0.39, 0.29) is 6.10 Å². The van der Waals surface area contributed by atoms with E-state index in [1.807, 2.05) is 12.1 Å². The van der Waals surface area contributed by atoms with Gasteiger partial charge in [-0.15, -0.1) is 0 Å². The first-order valence-electron chi connectivity index (χ1n) is 5.16. The normalized spacial score (nSPS) is 20.6. The number of nitrogens with one attached hydrogen (secondary N) is 1. The molecular formula is C11H16N2O. The highest BCUT2D eigenvalue weighted by Gasteiger charge is 2.22. The lowest BCUT2D eigenvalue weighted by Gasteiger charge is -2.27. The molecule has 76 valence electrons. The summed E-state index contributed by atoms with van der Waals surface area (Å²) in [6.45, 7) is 2.03. The predicted octanol–water partition coefficient (Wildman–Crippen LogP) is 1.11. The fourth-order valence-electron chi connectivity index (χ4n) is 1.98. The van der Waals surface area contributed by atoms with Gasteiger partial charge in [0.1, 0.15) is 0 Å². The molecule has 0 spiro atoms. The molecule has 0 unspecified atom stereocenters. The van der Waals surface area contributed by atoms with Crippen molar-refractivity contribution in [2.45, 2.75) is 18.9 Å². The maximum atomic E-state index is 10.1. The zero-order valence-corrected chi connectivity index (χ0v) is 8.19. The standard InChI is InChI=1S/C11H16N2O/c14-11(9-3-6-12-7-4-9)10-2-1-5-13-8-10/h1-2,5,8-9,11-12,14H,3-4,6-7H2/t11-/m0/s1. The highest BCUT2D eigenvalue weighted by molar-refractivity contribution is 5.12. The maximum absolute atomic E-state index is 10.1. The molecule has 0 amide bonds. The number of piperidine rings is 1. The molecule has 14 heavy (non-hydrogen) atoms. The SMILES string of the molecule is O[C@H](c1cccnc1)C1CCNCC1. The van der Waals surface area contributed by atoms with E-state index in [2.05, 4.69) is 10.3 Å². The third kappa shape index (κ3) is 2.11. The second-order valence-corrected chi connectivity index (χ2v) is 3.82. The van der Waals surface area contributed by atoms with Gasteiger partial charge in [-0.2, -0.15) is 0 Å². The van der Waals surface area contributed by atoms with Gasteiger partial charge in [-0.05, 0) is 43.5 Å². The van der Waals surface area contributed by atoms with Crippen LogP contribution < -0.4 is 5.32 Å². The minimum atomic E-state index is -0.342. The third-order valence-electron chi connectivity index (χ3n) is 2.86.